The van der Waals surface area contributed by atoms with Crippen LogP contribution in [-0.4, -0.2) is 22.9 Å². The summed E-state index contributed by atoms with van der Waals surface area (Å²) >= 11 is 0. The number of carbonyl (C=O) groups excluding carboxylic acids is 1. The zero-order valence-electron chi connectivity index (χ0n) is 22.8. The van der Waals surface area contributed by atoms with Crippen LogP contribution < -0.4 is 0 Å². The zero-order valence-corrected chi connectivity index (χ0v) is 22.8. The third kappa shape index (κ3) is 10.5. The Balaban J connectivity index is 1.90. The summed E-state index contributed by atoms with van der Waals surface area (Å²) in [6.45, 7) is 8.34. The van der Waals surface area contributed by atoms with Gasteiger partial charge in [-0.3, -0.25) is 14.9 Å². The van der Waals surface area contributed by atoms with Gasteiger partial charge in [0.1, 0.15) is 0 Å². The van der Waals surface area contributed by atoms with Crippen molar-refractivity contribution in [2.75, 3.05) is 0 Å². The lowest BCUT2D eigenvalue weighted by molar-refractivity contribution is -0.524. The molecule has 202 valence electrons. The van der Waals surface area contributed by atoms with Crippen molar-refractivity contribution in [2.24, 2.45) is 17.8 Å². The van der Waals surface area contributed by atoms with Gasteiger partial charge in [0.2, 0.25) is 6.04 Å². The monoisotopic (exact) mass is 491 g/mol. The van der Waals surface area contributed by atoms with Crippen molar-refractivity contribution < 1.29 is 14.5 Å². The molecule has 3 fully saturated rings. The summed E-state index contributed by atoms with van der Waals surface area (Å²) in [7, 11) is 0. The van der Waals surface area contributed by atoms with Gasteiger partial charge in [-0.1, -0.05) is 97.8 Å². The number of nitrogens with zero attached hydrogens (tertiary/aromatic N) is 1. The van der Waals surface area contributed by atoms with E-state index in [1.165, 1.54) is 64.2 Å². The summed E-state index contributed by atoms with van der Waals surface area (Å²) in [6.07, 6.45) is 21.7. The molecule has 2 bridgehead atoms. The maximum Gasteiger partial charge on any atom is 0.213 e. The number of hydrogen-bond donors (Lipinski definition) is 0. The molecule has 3 aliphatic rings. The predicted molar refractivity (Wildman–Crippen MR) is 143 cm³/mol. The number of Topliss-reactive ketones (excluding diaryl/α,β-unsaturated/α-hetero) is 1. The highest BCUT2D eigenvalue weighted by molar-refractivity contribution is 5.91. The van der Waals surface area contributed by atoms with Gasteiger partial charge >= 0.3 is 0 Å². The minimum atomic E-state index is -0.615. The van der Waals surface area contributed by atoms with Crippen LogP contribution in [0.1, 0.15) is 142 Å². The molecule has 2 radical (unpaired) electrons. The Morgan fingerprint density at radius 1 is 0.914 bits per heavy atom. The van der Waals surface area contributed by atoms with Crippen molar-refractivity contribution in [3.63, 3.8) is 0 Å². The molecule has 2 aliphatic heterocycles. The lowest BCUT2D eigenvalue weighted by Gasteiger charge is -2.50. The van der Waals surface area contributed by atoms with Crippen LogP contribution in [0.4, 0.5) is 0 Å². The Kier molecular flexibility index (Phi) is 15.1. The Hall–Kier alpha value is -0.970. The van der Waals surface area contributed by atoms with E-state index in [9.17, 15) is 14.9 Å². The van der Waals surface area contributed by atoms with Gasteiger partial charge in [-0.15, -0.1) is 0 Å². The summed E-state index contributed by atoms with van der Waals surface area (Å²) in [4.78, 5) is 24.7. The van der Waals surface area contributed by atoms with Gasteiger partial charge in [0.05, 0.1) is 6.10 Å². The van der Waals surface area contributed by atoms with Gasteiger partial charge in [0, 0.05) is 30.1 Å². The second-order valence-electron chi connectivity index (χ2n) is 11.3. The first-order chi connectivity index (χ1) is 17.0. The molecule has 0 aromatic carbocycles. The van der Waals surface area contributed by atoms with E-state index >= 15 is 0 Å². The van der Waals surface area contributed by atoms with E-state index in [0.717, 1.165) is 44.9 Å². The molecule has 1 aliphatic carbocycles. The fourth-order valence-electron chi connectivity index (χ4n) is 6.29. The molecule has 1 saturated carbocycles. The summed E-state index contributed by atoms with van der Waals surface area (Å²) in [5.41, 5.74) is 0. The van der Waals surface area contributed by atoms with Gasteiger partial charge in [-0.25, -0.2) is 0 Å². The number of unbranched alkanes of at least 4 members (excludes halogenated alkanes) is 10. The maximum absolute atomic E-state index is 13.3. The summed E-state index contributed by atoms with van der Waals surface area (Å²) in [6, 6.07) is -0.615. The third-order valence-electron chi connectivity index (χ3n) is 8.47. The lowest BCUT2D eigenvalue weighted by atomic mass is 9.64. The van der Waals surface area contributed by atoms with Crippen LogP contribution in [0.25, 0.3) is 0 Å². The molecule has 0 amide bonds. The van der Waals surface area contributed by atoms with Gasteiger partial charge in [0.15, 0.2) is 11.9 Å². The van der Waals surface area contributed by atoms with E-state index in [2.05, 4.69) is 20.8 Å². The molecule has 5 unspecified atom stereocenters. The van der Waals surface area contributed by atoms with Crippen molar-refractivity contribution >= 4 is 5.78 Å². The van der Waals surface area contributed by atoms with E-state index in [-0.39, 0.29) is 29.1 Å². The van der Waals surface area contributed by atoms with Crippen LogP contribution in [0, 0.1) is 40.9 Å². The molecule has 2 saturated heterocycles. The van der Waals surface area contributed by atoms with Crippen molar-refractivity contribution in [3.05, 3.63) is 23.1 Å². The van der Waals surface area contributed by atoms with E-state index in [4.69, 9.17) is 4.74 Å². The normalized spacial score (nSPS) is 25.1. The fraction of sp³-hybridized carbons (Fsp3) is 0.900. The molecule has 5 nitrogen and oxygen atoms in total. The average Bonchev–Trinajstić information content (AvgIpc) is 2.86. The molecule has 5 atom stereocenters. The SMILES string of the molecule is [CH2]CCCCCCC(CCC(=O)[C]1OC2CC(CCCCCC)C1CC2CCCCCC)[N+](=O)[O-]. The van der Waals surface area contributed by atoms with E-state index in [0.29, 0.717) is 30.8 Å². The van der Waals surface area contributed by atoms with E-state index < -0.39 is 6.04 Å². The molecule has 35 heavy (non-hydrogen) atoms. The number of carbonyl (C=O) groups is 1. The molecule has 2 heterocycles. The number of nitro groups is 1. The second-order valence-corrected chi connectivity index (χ2v) is 11.3. The standard InChI is InChI=1S/C30H53NO4/c1-4-7-10-13-16-19-26(31(33)34)20-21-28(32)30-27-22-25(18-15-12-9-6-3)29(35-30)23-24(27)17-14-11-8-5-2/h24-27,29H,1,4-23H2,2-3H3. The van der Waals surface area contributed by atoms with Crippen molar-refractivity contribution in [2.45, 2.75) is 154 Å². The lowest BCUT2D eigenvalue weighted by Crippen LogP contribution is -2.49. The topological polar surface area (TPSA) is 69.4 Å². The number of ketones is 1. The highest BCUT2D eigenvalue weighted by Gasteiger charge is 2.50. The van der Waals surface area contributed by atoms with E-state index in [1.54, 1.807) is 0 Å². The molecule has 0 aromatic rings. The first-order valence-corrected chi connectivity index (χ1v) is 15.0. The number of fused-ring (bicyclic) bond motifs is 3. The second kappa shape index (κ2) is 17.5. The predicted octanol–water partition coefficient (Wildman–Crippen LogP) is 8.67. The average molecular weight is 492 g/mol. The molecule has 0 aromatic heterocycles. The van der Waals surface area contributed by atoms with Crippen LogP contribution in [0.15, 0.2) is 0 Å². The number of rotatable bonds is 21. The van der Waals surface area contributed by atoms with Gasteiger partial charge in [-0.2, -0.15) is 0 Å². The van der Waals surface area contributed by atoms with Crippen molar-refractivity contribution in [1.82, 2.24) is 0 Å². The third-order valence-corrected chi connectivity index (χ3v) is 8.47. The minimum Gasteiger partial charge on any atom is -0.360 e. The quantitative estimate of drug-likeness (QED) is 0.0914. The molecule has 0 N–H and O–H groups in total. The van der Waals surface area contributed by atoms with E-state index in [1.807, 2.05) is 0 Å². The Morgan fingerprint density at radius 3 is 2.14 bits per heavy atom. The smallest absolute Gasteiger partial charge is 0.213 e. The van der Waals surface area contributed by atoms with Crippen molar-refractivity contribution in [3.8, 4) is 0 Å². The van der Waals surface area contributed by atoms with Gasteiger partial charge < -0.3 is 4.74 Å². The number of ether oxygens (including phenoxy) is 1. The maximum atomic E-state index is 13.3. The highest BCUT2D eigenvalue weighted by Crippen LogP contribution is 2.51. The number of hydrogen-bond acceptors (Lipinski definition) is 4. The van der Waals surface area contributed by atoms with Gasteiger partial charge in [0.25, 0.3) is 0 Å². The fourth-order valence-corrected chi connectivity index (χ4v) is 6.29. The zero-order chi connectivity index (χ0) is 25.5. The first-order valence-electron chi connectivity index (χ1n) is 15.0. The van der Waals surface area contributed by atoms with Gasteiger partial charge in [-0.05, 0) is 43.9 Å². The van der Waals surface area contributed by atoms with Crippen LogP contribution in [0.3, 0.4) is 0 Å². The van der Waals surface area contributed by atoms with Crippen LogP contribution in [0.2, 0.25) is 0 Å². The van der Waals surface area contributed by atoms with Crippen LogP contribution in [0.5, 0.6) is 0 Å². The minimum absolute atomic E-state index is 0.0478. The summed E-state index contributed by atoms with van der Waals surface area (Å²) < 4.78 is 6.38. The Labute approximate surface area is 215 Å². The largest absolute Gasteiger partial charge is 0.360 e. The molecule has 0 spiro atoms. The molecule has 5 heteroatoms. The Bertz CT molecular complexity index is 595. The molecule has 3 rings (SSSR count). The van der Waals surface area contributed by atoms with Crippen LogP contribution in [-0.2, 0) is 9.53 Å². The molecular formula is C30H53NO4. The highest BCUT2D eigenvalue weighted by atomic mass is 16.6. The first kappa shape index (κ1) is 30.3. The summed E-state index contributed by atoms with van der Waals surface area (Å²) in [5, 5.41) is 11.6. The van der Waals surface area contributed by atoms with Crippen molar-refractivity contribution in [1.29, 1.82) is 0 Å². The Morgan fingerprint density at radius 2 is 1.54 bits per heavy atom. The van der Waals surface area contributed by atoms with Crippen LogP contribution >= 0.6 is 0 Å². The molecular weight excluding hydrogens is 438 g/mol. The summed E-state index contributed by atoms with van der Waals surface area (Å²) in [5.74, 6) is 1.41.